The molecule has 0 bridgehead atoms. The standard InChI is InChI=1S/C27H17BrF3NO4S/c28-22-11-10-16(13-21(22)27(29,30)31)37(35,36)32-23-14-20(26(34)19-8-4-3-7-18(19)23)25-17-6-2-1-5-15(17)9-12-24(25)33/h1-14,32-34H. The summed E-state index contributed by atoms with van der Waals surface area (Å²) in [5, 5.41) is 23.9. The van der Waals surface area contributed by atoms with Gasteiger partial charge in [0.1, 0.15) is 11.5 Å². The minimum absolute atomic E-state index is 0.0206. The van der Waals surface area contributed by atoms with Crippen molar-refractivity contribution in [3.05, 3.63) is 95.0 Å². The van der Waals surface area contributed by atoms with E-state index in [2.05, 4.69) is 20.7 Å². The molecule has 10 heteroatoms. The van der Waals surface area contributed by atoms with E-state index in [9.17, 15) is 31.8 Å². The lowest BCUT2D eigenvalue weighted by molar-refractivity contribution is -0.138. The van der Waals surface area contributed by atoms with Crippen LogP contribution in [0.25, 0.3) is 32.7 Å². The highest BCUT2D eigenvalue weighted by atomic mass is 79.9. The molecule has 5 nitrogen and oxygen atoms in total. The molecule has 0 heterocycles. The van der Waals surface area contributed by atoms with Gasteiger partial charge in [-0.15, -0.1) is 0 Å². The number of phenolic OH excluding ortho intramolecular Hbond substituents is 2. The Hall–Kier alpha value is -3.76. The van der Waals surface area contributed by atoms with E-state index in [0.717, 1.165) is 17.5 Å². The molecule has 188 valence electrons. The summed E-state index contributed by atoms with van der Waals surface area (Å²) in [7, 11) is -4.48. The van der Waals surface area contributed by atoms with Crippen molar-refractivity contribution in [2.24, 2.45) is 0 Å². The molecule has 0 saturated heterocycles. The molecule has 3 N–H and O–H groups in total. The van der Waals surface area contributed by atoms with Crippen molar-refractivity contribution in [2.45, 2.75) is 11.1 Å². The predicted octanol–water partition coefficient (Wildman–Crippen LogP) is 7.65. The topological polar surface area (TPSA) is 86.6 Å². The molecule has 5 rings (SSSR count). The molecule has 0 amide bonds. The minimum Gasteiger partial charge on any atom is -0.507 e. The van der Waals surface area contributed by atoms with Crippen LogP contribution in [-0.4, -0.2) is 18.6 Å². The van der Waals surface area contributed by atoms with Gasteiger partial charge in [-0.1, -0.05) is 70.5 Å². The summed E-state index contributed by atoms with van der Waals surface area (Å²) in [5.41, 5.74) is -0.679. The molecule has 0 aliphatic carbocycles. The van der Waals surface area contributed by atoms with E-state index in [1.807, 2.05) is 12.1 Å². The second-order valence-corrected chi connectivity index (χ2v) is 10.8. The van der Waals surface area contributed by atoms with Crippen LogP contribution in [0.2, 0.25) is 0 Å². The van der Waals surface area contributed by atoms with Crippen LogP contribution in [0.3, 0.4) is 0 Å². The number of nitrogens with one attached hydrogen (secondary N) is 1. The smallest absolute Gasteiger partial charge is 0.417 e. The number of alkyl halides is 3. The predicted molar refractivity (Wildman–Crippen MR) is 140 cm³/mol. The molecule has 0 unspecified atom stereocenters. The molecule has 0 fully saturated rings. The number of fused-ring (bicyclic) bond motifs is 2. The number of halogens is 4. The molecule has 5 aromatic carbocycles. The number of rotatable bonds is 4. The third-order valence-corrected chi connectivity index (χ3v) is 8.05. The van der Waals surface area contributed by atoms with Crippen LogP contribution in [0.5, 0.6) is 11.5 Å². The average Bonchev–Trinajstić information content (AvgIpc) is 2.85. The zero-order chi connectivity index (χ0) is 26.5. The zero-order valence-electron chi connectivity index (χ0n) is 18.7. The number of hydrogen-bond donors (Lipinski definition) is 3. The first-order chi connectivity index (χ1) is 17.5. The van der Waals surface area contributed by atoms with Crippen molar-refractivity contribution in [3.8, 4) is 22.6 Å². The number of aromatic hydroxyl groups is 2. The van der Waals surface area contributed by atoms with Crippen LogP contribution >= 0.6 is 15.9 Å². The number of benzene rings is 5. The summed E-state index contributed by atoms with van der Waals surface area (Å²) in [4.78, 5) is -0.588. The van der Waals surface area contributed by atoms with E-state index < -0.39 is 26.7 Å². The maximum Gasteiger partial charge on any atom is 0.417 e. The third kappa shape index (κ3) is 4.47. The second kappa shape index (κ2) is 8.97. The monoisotopic (exact) mass is 587 g/mol. The Kier molecular flexibility index (Phi) is 6.04. The van der Waals surface area contributed by atoms with Gasteiger partial charge in [-0.3, -0.25) is 4.72 Å². The molecular formula is C27H17BrF3NO4S. The quantitative estimate of drug-likeness (QED) is 0.188. The van der Waals surface area contributed by atoms with Gasteiger partial charge in [-0.25, -0.2) is 8.42 Å². The van der Waals surface area contributed by atoms with E-state index in [0.29, 0.717) is 16.8 Å². The summed E-state index contributed by atoms with van der Waals surface area (Å²) in [6, 6.07) is 20.8. The molecule has 0 spiro atoms. The van der Waals surface area contributed by atoms with Crippen molar-refractivity contribution in [3.63, 3.8) is 0 Å². The summed E-state index contributed by atoms with van der Waals surface area (Å²) in [6.07, 6.45) is -4.77. The van der Waals surface area contributed by atoms with Gasteiger partial charge in [0.2, 0.25) is 0 Å². The largest absolute Gasteiger partial charge is 0.507 e. The summed E-state index contributed by atoms with van der Waals surface area (Å²) in [6.45, 7) is 0. The summed E-state index contributed by atoms with van der Waals surface area (Å²) >= 11 is 2.82. The molecule has 0 radical (unpaired) electrons. The molecule has 0 aromatic heterocycles. The Morgan fingerprint density at radius 3 is 2.14 bits per heavy atom. The van der Waals surface area contributed by atoms with E-state index in [-0.39, 0.29) is 38.2 Å². The van der Waals surface area contributed by atoms with E-state index in [4.69, 9.17) is 0 Å². The zero-order valence-corrected chi connectivity index (χ0v) is 21.1. The fraction of sp³-hybridized carbons (Fsp3) is 0.0370. The number of anilines is 1. The van der Waals surface area contributed by atoms with Crippen molar-refractivity contribution < 1.29 is 31.8 Å². The van der Waals surface area contributed by atoms with Gasteiger partial charge in [0, 0.05) is 26.4 Å². The number of sulfonamides is 1. The Bertz CT molecular complexity index is 1800. The van der Waals surface area contributed by atoms with Gasteiger partial charge in [0.15, 0.2) is 0 Å². The van der Waals surface area contributed by atoms with Gasteiger partial charge in [-0.2, -0.15) is 13.2 Å². The Labute approximate surface area is 218 Å². The van der Waals surface area contributed by atoms with Gasteiger partial charge in [0.05, 0.1) is 16.1 Å². The van der Waals surface area contributed by atoms with Crippen LogP contribution in [0.1, 0.15) is 5.56 Å². The highest BCUT2D eigenvalue weighted by Crippen LogP contribution is 2.46. The molecule has 0 saturated carbocycles. The first-order valence-corrected chi connectivity index (χ1v) is 13.1. The highest BCUT2D eigenvalue weighted by molar-refractivity contribution is 9.10. The van der Waals surface area contributed by atoms with Gasteiger partial charge in [-0.05, 0) is 41.1 Å². The summed E-state index contributed by atoms with van der Waals surface area (Å²) < 4.78 is 68.8. The third-order valence-electron chi connectivity index (χ3n) is 5.99. The first-order valence-electron chi connectivity index (χ1n) is 10.8. The fourth-order valence-corrected chi connectivity index (χ4v) is 5.84. The second-order valence-electron chi connectivity index (χ2n) is 8.29. The molecule has 37 heavy (non-hydrogen) atoms. The lowest BCUT2D eigenvalue weighted by atomic mass is 9.93. The Morgan fingerprint density at radius 2 is 1.43 bits per heavy atom. The molecule has 0 aliphatic rings. The van der Waals surface area contributed by atoms with Crippen molar-refractivity contribution in [2.75, 3.05) is 4.72 Å². The minimum atomic E-state index is -4.77. The van der Waals surface area contributed by atoms with Crippen LogP contribution in [-0.2, 0) is 16.2 Å². The van der Waals surface area contributed by atoms with Gasteiger partial charge < -0.3 is 10.2 Å². The van der Waals surface area contributed by atoms with E-state index >= 15 is 0 Å². The van der Waals surface area contributed by atoms with Crippen LogP contribution < -0.4 is 4.72 Å². The highest BCUT2D eigenvalue weighted by Gasteiger charge is 2.34. The van der Waals surface area contributed by atoms with Gasteiger partial charge in [0.25, 0.3) is 10.0 Å². The van der Waals surface area contributed by atoms with Crippen molar-refractivity contribution in [1.82, 2.24) is 0 Å². The Morgan fingerprint density at radius 1 is 0.784 bits per heavy atom. The SMILES string of the molecule is O=S(=O)(Nc1cc(-c2c(O)ccc3ccccc23)c(O)c2ccccc12)c1ccc(Br)c(C(F)(F)F)c1. The first kappa shape index (κ1) is 24.9. The summed E-state index contributed by atoms with van der Waals surface area (Å²) in [5.74, 6) is -0.325. The maximum absolute atomic E-state index is 13.4. The van der Waals surface area contributed by atoms with Crippen molar-refractivity contribution in [1.29, 1.82) is 0 Å². The molecule has 0 aliphatic heterocycles. The maximum atomic E-state index is 13.4. The lowest BCUT2D eigenvalue weighted by Crippen LogP contribution is -2.15. The average molecular weight is 588 g/mol. The Balaban J connectivity index is 1.73. The van der Waals surface area contributed by atoms with Gasteiger partial charge >= 0.3 is 6.18 Å². The molecule has 5 aromatic rings. The lowest BCUT2D eigenvalue weighted by Gasteiger charge is -2.18. The van der Waals surface area contributed by atoms with Crippen LogP contribution in [0, 0.1) is 0 Å². The molecule has 0 atom stereocenters. The van der Waals surface area contributed by atoms with Crippen molar-refractivity contribution >= 4 is 53.2 Å². The van der Waals surface area contributed by atoms with Crippen LogP contribution in [0.4, 0.5) is 18.9 Å². The molecular weight excluding hydrogens is 571 g/mol. The normalized spacial score (nSPS) is 12.2. The number of phenols is 2. The number of hydrogen-bond acceptors (Lipinski definition) is 4. The van der Waals surface area contributed by atoms with E-state index in [1.54, 1.807) is 42.5 Å². The van der Waals surface area contributed by atoms with E-state index in [1.165, 1.54) is 12.1 Å². The fourth-order valence-electron chi connectivity index (χ4n) is 4.27. The van der Waals surface area contributed by atoms with Crippen LogP contribution in [0.15, 0.2) is 94.3 Å².